The van der Waals surface area contributed by atoms with Crippen molar-refractivity contribution >= 4 is 5.82 Å². The Morgan fingerprint density at radius 3 is 2.71 bits per heavy atom. The first-order valence-electron chi connectivity index (χ1n) is 4.54. The van der Waals surface area contributed by atoms with Crippen molar-refractivity contribution in [2.75, 3.05) is 18.5 Å². The van der Waals surface area contributed by atoms with Crippen LogP contribution >= 0.6 is 0 Å². The van der Waals surface area contributed by atoms with Crippen LogP contribution in [0.25, 0.3) is 0 Å². The molecule has 1 rings (SSSR count). The molecule has 1 heterocycles. The van der Waals surface area contributed by atoms with E-state index in [2.05, 4.69) is 9.97 Å². The molecule has 1 atom stereocenters. The SMILES string of the molecule is CC(O)CN(C)c1nccnc1CN. The Morgan fingerprint density at radius 2 is 2.14 bits per heavy atom. The predicted molar refractivity (Wildman–Crippen MR) is 54.9 cm³/mol. The van der Waals surface area contributed by atoms with Gasteiger partial charge in [-0.25, -0.2) is 4.98 Å². The molecule has 5 nitrogen and oxygen atoms in total. The second-order valence-corrected chi connectivity index (χ2v) is 3.26. The lowest BCUT2D eigenvalue weighted by Gasteiger charge is -2.21. The maximum Gasteiger partial charge on any atom is 0.151 e. The maximum absolute atomic E-state index is 9.23. The van der Waals surface area contributed by atoms with E-state index in [4.69, 9.17) is 5.73 Å². The third-order valence-corrected chi connectivity index (χ3v) is 1.84. The molecule has 0 aliphatic rings. The van der Waals surface area contributed by atoms with Crippen LogP contribution in [-0.4, -0.2) is 34.8 Å². The quantitative estimate of drug-likeness (QED) is 0.694. The zero-order valence-corrected chi connectivity index (χ0v) is 8.51. The average Bonchev–Trinajstić information content (AvgIpc) is 2.16. The molecule has 1 aromatic heterocycles. The highest BCUT2D eigenvalue weighted by molar-refractivity contribution is 5.41. The van der Waals surface area contributed by atoms with Crippen LogP contribution in [-0.2, 0) is 6.54 Å². The van der Waals surface area contributed by atoms with Crippen LogP contribution in [0.5, 0.6) is 0 Å². The van der Waals surface area contributed by atoms with E-state index < -0.39 is 6.10 Å². The standard InChI is InChI=1S/C9H16N4O/c1-7(14)6-13(2)9-8(5-10)11-3-4-12-9/h3-4,7,14H,5-6,10H2,1-2H3. The van der Waals surface area contributed by atoms with Crippen molar-refractivity contribution in [2.45, 2.75) is 19.6 Å². The number of rotatable bonds is 4. The number of nitrogens with zero attached hydrogens (tertiary/aromatic N) is 3. The number of hydrogen-bond donors (Lipinski definition) is 2. The van der Waals surface area contributed by atoms with Gasteiger partial charge in [-0.15, -0.1) is 0 Å². The molecule has 0 radical (unpaired) electrons. The van der Waals surface area contributed by atoms with Gasteiger partial charge in [0.15, 0.2) is 5.82 Å². The van der Waals surface area contributed by atoms with Gasteiger partial charge < -0.3 is 15.7 Å². The van der Waals surface area contributed by atoms with Crippen LogP contribution in [0.1, 0.15) is 12.6 Å². The largest absolute Gasteiger partial charge is 0.392 e. The van der Waals surface area contributed by atoms with E-state index >= 15 is 0 Å². The van der Waals surface area contributed by atoms with E-state index in [1.165, 1.54) is 0 Å². The Bertz CT molecular complexity index is 290. The van der Waals surface area contributed by atoms with Gasteiger partial charge in [-0.2, -0.15) is 0 Å². The Kier molecular flexibility index (Phi) is 3.79. The first-order valence-corrected chi connectivity index (χ1v) is 4.54. The third kappa shape index (κ3) is 2.65. The number of anilines is 1. The molecule has 3 N–H and O–H groups in total. The molecule has 0 aliphatic carbocycles. The molecule has 5 heteroatoms. The molecule has 0 aromatic carbocycles. The summed E-state index contributed by atoms with van der Waals surface area (Å²) in [5.74, 6) is 0.732. The molecule has 0 saturated heterocycles. The summed E-state index contributed by atoms with van der Waals surface area (Å²) in [6.07, 6.45) is 2.84. The molecule has 0 fully saturated rings. The molecule has 1 unspecified atom stereocenters. The fourth-order valence-electron chi connectivity index (χ4n) is 1.31. The summed E-state index contributed by atoms with van der Waals surface area (Å²) >= 11 is 0. The normalized spacial score (nSPS) is 12.6. The molecule has 14 heavy (non-hydrogen) atoms. The van der Waals surface area contributed by atoms with Crippen molar-refractivity contribution in [2.24, 2.45) is 5.73 Å². The van der Waals surface area contributed by atoms with Crippen molar-refractivity contribution in [3.63, 3.8) is 0 Å². The lowest BCUT2D eigenvalue weighted by molar-refractivity contribution is 0.201. The van der Waals surface area contributed by atoms with E-state index in [9.17, 15) is 5.11 Å². The van der Waals surface area contributed by atoms with Crippen LogP contribution in [0.4, 0.5) is 5.82 Å². The van der Waals surface area contributed by atoms with Crippen LogP contribution in [0.3, 0.4) is 0 Å². The molecule has 78 valence electrons. The summed E-state index contributed by atoms with van der Waals surface area (Å²) in [7, 11) is 1.86. The zero-order valence-electron chi connectivity index (χ0n) is 8.51. The van der Waals surface area contributed by atoms with Gasteiger partial charge in [-0.05, 0) is 6.92 Å². The highest BCUT2D eigenvalue weighted by Gasteiger charge is 2.10. The first kappa shape index (κ1) is 10.9. The van der Waals surface area contributed by atoms with Crippen LogP contribution in [0.15, 0.2) is 12.4 Å². The van der Waals surface area contributed by atoms with Gasteiger partial charge in [0.2, 0.25) is 0 Å². The molecular weight excluding hydrogens is 180 g/mol. The Hall–Kier alpha value is -1.20. The number of nitrogens with two attached hydrogens (primary N) is 1. The summed E-state index contributed by atoms with van der Waals surface area (Å²) < 4.78 is 0. The minimum absolute atomic E-state index is 0.354. The van der Waals surface area contributed by atoms with Crippen LogP contribution in [0, 0.1) is 0 Å². The molecule has 1 aromatic rings. The van der Waals surface area contributed by atoms with Gasteiger partial charge in [-0.1, -0.05) is 0 Å². The zero-order chi connectivity index (χ0) is 10.6. The lowest BCUT2D eigenvalue weighted by Crippen LogP contribution is -2.29. The van der Waals surface area contributed by atoms with Crippen molar-refractivity contribution in [3.8, 4) is 0 Å². The van der Waals surface area contributed by atoms with E-state index in [0.717, 1.165) is 11.5 Å². The third-order valence-electron chi connectivity index (χ3n) is 1.84. The van der Waals surface area contributed by atoms with Gasteiger partial charge >= 0.3 is 0 Å². The van der Waals surface area contributed by atoms with Gasteiger partial charge in [-0.3, -0.25) is 4.98 Å². The topological polar surface area (TPSA) is 75.3 Å². The number of aliphatic hydroxyl groups is 1. The smallest absolute Gasteiger partial charge is 0.151 e. The molecule has 0 amide bonds. The molecule has 0 spiro atoms. The summed E-state index contributed by atoms with van der Waals surface area (Å²) in [5.41, 5.74) is 6.27. The van der Waals surface area contributed by atoms with E-state index in [1.807, 2.05) is 11.9 Å². The summed E-state index contributed by atoms with van der Waals surface area (Å²) in [6, 6.07) is 0. The lowest BCUT2D eigenvalue weighted by atomic mass is 10.3. The average molecular weight is 196 g/mol. The minimum Gasteiger partial charge on any atom is -0.392 e. The van der Waals surface area contributed by atoms with Crippen molar-refractivity contribution < 1.29 is 5.11 Å². The summed E-state index contributed by atoms with van der Waals surface area (Å²) in [6.45, 7) is 2.61. The van der Waals surface area contributed by atoms with Gasteiger partial charge in [0.1, 0.15) is 0 Å². The number of aromatic nitrogens is 2. The molecule has 0 bridgehead atoms. The van der Waals surface area contributed by atoms with Gasteiger partial charge in [0, 0.05) is 32.5 Å². The first-order chi connectivity index (χ1) is 6.65. The van der Waals surface area contributed by atoms with E-state index in [1.54, 1.807) is 19.3 Å². The van der Waals surface area contributed by atoms with Crippen molar-refractivity contribution in [3.05, 3.63) is 18.1 Å². The minimum atomic E-state index is -0.396. The molecular formula is C9H16N4O. The summed E-state index contributed by atoms with van der Waals surface area (Å²) in [4.78, 5) is 10.1. The van der Waals surface area contributed by atoms with Crippen molar-refractivity contribution in [1.29, 1.82) is 0 Å². The molecule has 0 saturated carbocycles. The van der Waals surface area contributed by atoms with Crippen LogP contribution in [0.2, 0.25) is 0 Å². The van der Waals surface area contributed by atoms with Crippen LogP contribution < -0.4 is 10.6 Å². The molecule has 0 aliphatic heterocycles. The number of hydrogen-bond acceptors (Lipinski definition) is 5. The van der Waals surface area contributed by atoms with E-state index in [0.29, 0.717) is 13.1 Å². The fourth-order valence-corrected chi connectivity index (χ4v) is 1.31. The van der Waals surface area contributed by atoms with Gasteiger partial charge in [0.05, 0.1) is 11.8 Å². The summed E-state index contributed by atoms with van der Waals surface area (Å²) in [5, 5.41) is 9.23. The number of likely N-dealkylation sites (N-methyl/N-ethyl adjacent to an activating group) is 1. The Morgan fingerprint density at radius 1 is 1.50 bits per heavy atom. The monoisotopic (exact) mass is 196 g/mol. The second-order valence-electron chi connectivity index (χ2n) is 3.26. The highest BCUT2D eigenvalue weighted by atomic mass is 16.3. The number of aliphatic hydroxyl groups excluding tert-OH is 1. The maximum atomic E-state index is 9.23. The highest BCUT2D eigenvalue weighted by Crippen LogP contribution is 2.12. The second kappa shape index (κ2) is 4.88. The Labute approximate surface area is 83.6 Å². The fraction of sp³-hybridized carbons (Fsp3) is 0.556. The predicted octanol–water partition coefficient (Wildman–Crippen LogP) is -0.248. The van der Waals surface area contributed by atoms with Gasteiger partial charge in [0.25, 0.3) is 0 Å². The van der Waals surface area contributed by atoms with E-state index in [-0.39, 0.29) is 0 Å². The van der Waals surface area contributed by atoms with Crippen molar-refractivity contribution in [1.82, 2.24) is 9.97 Å². The Balaban J connectivity index is 2.82.